The molecule has 6 nitrogen and oxygen atoms in total. The Bertz CT molecular complexity index is 878. The maximum Gasteiger partial charge on any atom is 0.343 e. The van der Waals surface area contributed by atoms with Crippen LogP contribution >= 0.6 is 11.6 Å². The van der Waals surface area contributed by atoms with Gasteiger partial charge in [0.1, 0.15) is 11.3 Å². The summed E-state index contributed by atoms with van der Waals surface area (Å²) < 4.78 is 11.1. The Morgan fingerprint density at radius 3 is 2.23 bits per heavy atom. The van der Waals surface area contributed by atoms with Crippen molar-refractivity contribution in [1.82, 2.24) is 9.88 Å². The molecule has 0 aliphatic rings. The molecule has 1 aromatic heterocycles. The first kappa shape index (κ1) is 24.0. The zero-order valence-corrected chi connectivity index (χ0v) is 19.8. The van der Waals surface area contributed by atoms with E-state index in [2.05, 4.69) is 35.7 Å². The van der Waals surface area contributed by atoms with E-state index in [4.69, 9.17) is 21.1 Å². The van der Waals surface area contributed by atoms with Gasteiger partial charge >= 0.3 is 5.97 Å². The number of esters is 1. The largest absolute Gasteiger partial charge is 0.465 e. The van der Waals surface area contributed by atoms with Gasteiger partial charge in [0.05, 0.1) is 18.5 Å². The highest BCUT2D eigenvalue weighted by molar-refractivity contribution is 6.30. The number of aromatic nitrogens is 1. The van der Waals surface area contributed by atoms with Gasteiger partial charge in [-0.3, -0.25) is 0 Å². The summed E-state index contributed by atoms with van der Waals surface area (Å²) >= 11 is 6.13. The maximum absolute atomic E-state index is 12.5. The van der Waals surface area contributed by atoms with Crippen molar-refractivity contribution in [2.75, 3.05) is 45.2 Å². The van der Waals surface area contributed by atoms with Crippen LogP contribution in [0.3, 0.4) is 0 Å². The highest BCUT2D eigenvalue weighted by Gasteiger charge is 2.22. The minimum absolute atomic E-state index is 0.235. The lowest BCUT2D eigenvalue weighted by atomic mass is 10.1. The Labute approximate surface area is 184 Å². The van der Waals surface area contributed by atoms with Crippen molar-refractivity contribution in [3.8, 4) is 11.6 Å². The molecule has 0 aliphatic carbocycles. The molecule has 0 unspecified atom stereocenters. The van der Waals surface area contributed by atoms with Gasteiger partial charge in [-0.25, -0.2) is 9.78 Å². The summed E-state index contributed by atoms with van der Waals surface area (Å²) in [5.41, 5.74) is 3.74. The minimum Gasteiger partial charge on any atom is -0.465 e. The van der Waals surface area contributed by atoms with Gasteiger partial charge in [-0.05, 0) is 70.6 Å². The fourth-order valence-electron chi connectivity index (χ4n) is 3.28. The quantitative estimate of drug-likeness (QED) is 0.517. The van der Waals surface area contributed by atoms with E-state index in [1.165, 1.54) is 7.11 Å². The predicted octanol–water partition coefficient (Wildman–Crippen LogP) is 5.02. The van der Waals surface area contributed by atoms with Crippen LogP contribution in [-0.2, 0) is 4.74 Å². The summed E-state index contributed by atoms with van der Waals surface area (Å²) in [6.07, 6.45) is 0. The van der Waals surface area contributed by atoms with E-state index in [-0.39, 0.29) is 5.88 Å². The molecule has 0 fully saturated rings. The van der Waals surface area contributed by atoms with Crippen LogP contribution < -0.4 is 9.64 Å². The fraction of sp³-hybridized carbons (Fsp3) is 0.478. The second kappa shape index (κ2) is 10.6. The van der Waals surface area contributed by atoms with E-state index in [1.807, 2.05) is 39.0 Å². The van der Waals surface area contributed by atoms with Crippen LogP contribution in [-0.4, -0.2) is 56.2 Å². The second-order valence-electron chi connectivity index (χ2n) is 7.38. The molecule has 7 heteroatoms. The highest BCUT2D eigenvalue weighted by atomic mass is 35.5. The predicted molar refractivity (Wildman–Crippen MR) is 122 cm³/mol. The van der Waals surface area contributed by atoms with Gasteiger partial charge in [-0.15, -0.1) is 0 Å². The van der Waals surface area contributed by atoms with E-state index in [0.717, 1.165) is 48.7 Å². The minimum atomic E-state index is -0.482. The molecule has 0 spiro atoms. The van der Waals surface area contributed by atoms with E-state index < -0.39 is 5.97 Å². The van der Waals surface area contributed by atoms with Crippen molar-refractivity contribution in [2.45, 2.75) is 34.6 Å². The third-order valence-electron chi connectivity index (χ3n) is 5.19. The number of nitrogens with zero attached hydrogens (tertiary/aromatic N) is 3. The van der Waals surface area contributed by atoms with E-state index in [9.17, 15) is 4.79 Å². The number of hydrogen-bond acceptors (Lipinski definition) is 6. The normalized spacial score (nSPS) is 11.0. The number of methoxy groups -OCH3 is 1. The lowest BCUT2D eigenvalue weighted by molar-refractivity contribution is 0.0597. The molecule has 0 aliphatic heterocycles. The van der Waals surface area contributed by atoms with Crippen LogP contribution in [0, 0.1) is 20.8 Å². The molecule has 2 rings (SSSR count). The Kier molecular flexibility index (Phi) is 8.50. The molecule has 0 saturated heterocycles. The summed E-state index contributed by atoms with van der Waals surface area (Å²) in [6.45, 7) is 13.5. The highest BCUT2D eigenvalue weighted by Crippen LogP contribution is 2.34. The fourth-order valence-corrected chi connectivity index (χ4v) is 3.61. The van der Waals surface area contributed by atoms with Crippen molar-refractivity contribution in [3.63, 3.8) is 0 Å². The summed E-state index contributed by atoms with van der Waals surface area (Å²) in [7, 11) is 3.45. The first-order chi connectivity index (χ1) is 14.2. The van der Waals surface area contributed by atoms with E-state index in [1.54, 1.807) is 0 Å². The molecule has 0 bridgehead atoms. The van der Waals surface area contributed by atoms with Crippen molar-refractivity contribution in [1.29, 1.82) is 0 Å². The number of rotatable bonds is 9. The monoisotopic (exact) mass is 433 g/mol. The number of ether oxygens (including phenoxy) is 2. The molecular formula is C23H32ClN3O3. The second-order valence-corrected chi connectivity index (χ2v) is 7.82. The van der Waals surface area contributed by atoms with Crippen molar-refractivity contribution >= 4 is 23.3 Å². The molecule has 0 saturated carbocycles. The number of pyridine rings is 1. The SMILES string of the molecule is CCN(C)CCN(CC)c1cc(C(=O)OC)c(Oc2c(C)cc(Cl)cc2C)nc1C. The topological polar surface area (TPSA) is 54.9 Å². The molecule has 30 heavy (non-hydrogen) atoms. The molecular weight excluding hydrogens is 402 g/mol. The third-order valence-corrected chi connectivity index (χ3v) is 5.41. The Hall–Kier alpha value is -2.31. The Morgan fingerprint density at radius 1 is 1.07 bits per heavy atom. The molecule has 164 valence electrons. The van der Waals surface area contributed by atoms with Gasteiger partial charge in [0.15, 0.2) is 0 Å². The summed E-state index contributed by atoms with van der Waals surface area (Å²) in [5, 5.41) is 0.640. The number of carbonyl (C=O) groups is 1. The van der Waals surface area contributed by atoms with Gasteiger partial charge in [-0.1, -0.05) is 18.5 Å². The van der Waals surface area contributed by atoms with Crippen LogP contribution in [0.1, 0.15) is 41.0 Å². The molecule has 1 heterocycles. The molecule has 0 radical (unpaired) electrons. The van der Waals surface area contributed by atoms with Crippen LogP contribution in [0.25, 0.3) is 0 Å². The van der Waals surface area contributed by atoms with Crippen LogP contribution in [0.15, 0.2) is 18.2 Å². The van der Waals surface area contributed by atoms with Crippen molar-refractivity contribution in [2.24, 2.45) is 0 Å². The number of benzene rings is 1. The van der Waals surface area contributed by atoms with Crippen molar-refractivity contribution in [3.05, 3.63) is 45.6 Å². The number of aryl methyl sites for hydroxylation is 3. The van der Waals surface area contributed by atoms with Gasteiger partial charge in [0.2, 0.25) is 5.88 Å². The van der Waals surface area contributed by atoms with Gasteiger partial charge in [-0.2, -0.15) is 0 Å². The molecule has 0 atom stereocenters. The Balaban J connectivity index is 2.48. The third kappa shape index (κ3) is 5.64. The lowest BCUT2D eigenvalue weighted by Crippen LogP contribution is -2.33. The summed E-state index contributed by atoms with van der Waals surface area (Å²) in [4.78, 5) is 21.7. The Morgan fingerprint density at radius 2 is 1.70 bits per heavy atom. The average Bonchev–Trinajstić information content (AvgIpc) is 2.71. The number of likely N-dealkylation sites (N-methyl/N-ethyl adjacent to an activating group) is 2. The average molecular weight is 434 g/mol. The number of carbonyl (C=O) groups excluding carboxylic acids is 1. The van der Waals surface area contributed by atoms with E-state index >= 15 is 0 Å². The van der Waals surface area contributed by atoms with Gasteiger partial charge in [0, 0.05) is 24.7 Å². The molecule has 0 amide bonds. The van der Waals surface area contributed by atoms with Gasteiger partial charge < -0.3 is 19.3 Å². The number of hydrogen-bond donors (Lipinski definition) is 0. The first-order valence-electron chi connectivity index (χ1n) is 10.2. The molecule has 1 aromatic carbocycles. The lowest BCUT2D eigenvalue weighted by Gasteiger charge is -2.27. The molecule has 0 N–H and O–H groups in total. The molecule has 2 aromatic rings. The number of anilines is 1. The zero-order valence-electron chi connectivity index (χ0n) is 19.0. The number of halogens is 1. The maximum atomic E-state index is 12.5. The standard InChI is InChI=1S/C23H32ClN3O3/c1-8-26(6)10-11-27(9-2)20-14-19(23(28)29-7)22(25-17(20)5)30-21-15(3)12-18(24)13-16(21)4/h12-14H,8-11H2,1-7H3. The first-order valence-corrected chi connectivity index (χ1v) is 10.6. The van der Waals surface area contributed by atoms with Crippen LogP contribution in [0.2, 0.25) is 5.02 Å². The van der Waals surface area contributed by atoms with Crippen LogP contribution in [0.4, 0.5) is 5.69 Å². The van der Waals surface area contributed by atoms with Gasteiger partial charge in [0.25, 0.3) is 0 Å². The smallest absolute Gasteiger partial charge is 0.343 e. The van der Waals surface area contributed by atoms with Crippen LogP contribution in [0.5, 0.6) is 11.6 Å². The summed E-state index contributed by atoms with van der Waals surface area (Å²) in [5.74, 6) is 0.393. The zero-order chi connectivity index (χ0) is 22.4. The van der Waals surface area contributed by atoms with Crippen molar-refractivity contribution < 1.29 is 14.3 Å². The van der Waals surface area contributed by atoms with E-state index in [0.29, 0.717) is 16.3 Å². The summed E-state index contributed by atoms with van der Waals surface area (Å²) in [6, 6.07) is 5.47.